The van der Waals surface area contributed by atoms with Crippen molar-refractivity contribution in [3.8, 4) is 0 Å². The highest BCUT2D eigenvalue weighted by molar-refractivity contribution is 6.16. The molecule has 0 spiro atoms. The van der Waals surface area contributed by atoms with E-state index in [-0.39, 0.29) is 17.5 Å². The van der Waals surface area contributed by atoms with Crippen molar-refractivity contribution in [2.75, 3.05) is 26.3 Å². The van der Waals surface area contributed by atoms with Gasteiger partial charge in [0.2, 0.25) is 11.8 Å². The van der Waals surface area contributed by atoms with Crippen LogP contribution in [0.1, 0.15) is 31.4 Å². The number of ether oxygens (including phenoxy) is 3. The fourth-order valence-corrected chi connectivity index (χ4v) is 4.04. The molecule has 15 heteroatoms. The third-order valence-corrected chi connectivity index (χ3v) is 6.13. The zero-order valence-corrected chi connectivity index (χ0v) is 22.8. The number of hydrogen-bond donors (Lipinski definition) is 0. The van der Waals surface area contributed by atoms with E-state index in [2.05, 4.69) is 0 Å². The number of morpholine rings is 1. The number of Topliss-reactive ketones (excluding diaryl/α,β-unsaturated/α-hetero) is 2. The van der Waals surface area contributed by atoms with Gasteiger partial charge in [0.05, 0.1) is 19.6 Å². The van der Waals surface area contributed by atoms with E-state index in [4.69, 9.17) is 14.2 Å². The molecule has 0 saturated carbocycles. The van der Waals surface area contributed by atoms with E-state index >= 15 is 0 Å². The van der Waals surface area contributed by atoms with E-state index in [1.807, 2.05) is 0 Å². The second-order valence-electron chi connectivity index (χ2n) is 9.92. The molecular formula is C28H25F6NO8. The Labute approximate surface area is 240 Å². The van der Waals surface area contributed by atoms with Crippen molar-refractivity contribution in [3.05, 3.63) is 70.3 Å². The molecule has 2 aromatic carbocycles. The van der Waals surface area contributed by atoms with Crippen LogP contribution < -0.4 is 0 Å². The molecule has 0 radical (unpaired) electrons. The monoisotopic (exact) mass is 617 g/mol. The Hall–Kier alpha value is -4.27. The minimum absolute atomic E-state index is 0.256. The first-order valence-electron chi connectivity index (χ1n) is 12.7. The van der Waals surface area contributed by atoms with E-state index < -0.39 is 94.9 Å². The predicted molar refractivity (Wildman–Crippen MR) is 132 cm³/mol. The molecule has 0 aromatic heterocycles. The fraction of sp³-hybridized carbons (Fsp3) is 0.393. The van der Waals surface area contributed by atoms with Crippen molar-refractivity contribution >= 4 is 29.4 Å². The smallest absolute Gasteiger partial charge is 0.331 e. The molecule has 2 aliphatic heterocycles. The van der Waals surface area contributed by atoms with Crippen LogP contribution in [0.2, 0.25) is 0 Å². The van der Waals surface area contributed by atoms with Crippen molar-refractivity contribution in [2.45, 2.75) is 38.9 Å². The van der Waals surface area contributed by atoms with Crippen LogP contribution >= 0.6 is 0 Å². The van der Waals surface area contributed by atoms with Crippen molar-refractivity contribution < 1.29 is 64.5 Å². The average Bonchev–Trinajstić information content (AvgIpc) is 2.90. The van der Waals surface area contributed by atoms with Crippen LogP contribution in [0.15, 0.2) is 24.3 Å². The van der Waals surface area contributed by atoms with Gasteiger partial charge < -0.3 is 19.1 Å². The first-order valence-corrected chi connectivity index (χ1v) is 12.7. The van der Waals surface area contributed by atoms with Crippen LogP contribution in [0.25, 0.3) is 0 Å². The minimum Gasteiger partial charge on any atom is -0.422 e. The third-order valence-electron chi connectivity index (χ3n) is 6.13. The van der Waals surface area contributed by atoms with Crippen LogP contribution in [0.5, 0.6) is 0 Å². The summed E-state index contributed by atoms with van der Waals surface area (Å²) in [5.41, 5.74) is -0.733. The van der Waals surface area contributed by atoms with E-state index in [0.717, 1.165) is 0 Å². The number of ketones is 2. The molecule has 0 bridgehead atoms. The van der Waals surface area contributed by atoms with Gasteiger partial charge in [-0.15, -0.1) is 0 Å². The molecule has 9 nitrogen and oxygen atoms in total. The van der Waals surface area contributed by atoms with Gasteiger partial charge in [0, 0.05) is 51.9 Å². The maximum atomic E-state index is 13.5. The molecule has 2 aromatic rings. The van der Waals surface area contributed by atoms with Crippen molar-refractivity contribution in [2.24, 2.45) is 5.92 Å². The molecule has 232 valence electrons. The fourth-order valence-electron chi connectivity index (χ4n) is 4.04. The van der Waals surface area contributed by atoms with Crippen LogP contribution in [0.3, 0.4) is 0 Å². The number of halogens is 6. The maximum absolute atomic E-state index is 13.5. The summed E-state index contributed by atoms with van der Waals surface area (Å²) in [6.07, 6.45) is -1.62. The van der Waals surface area contributed by atoms with Gasteiger partial charge in [-0.1, -0.05) is 0 Å². The van der Waals surface area contributed by atoms with Gasteiger partial charge in [-0.3, -0.25) is 24.0 Å². The topological polar surface area (TPSA) is 116 Å². The first-order chi connectivity index (χ1) is 20.1. The van der Waals surface area contributed by atoms with Gasteiger partial charge in [0.1, 0.15) is 17.4 Å². The second-order valence-corrected chi connectivity index (χ2v) is 9.92. The number of hydrogen-bond acceptors (Lipinski definition) is 8. The van der Waals surface area contributed by atoms with Crippen LogP contribution in [-0.2, 0) is 51.0 Å². The summed E-state index contributed by atoms with van der Waals surface area (Å²) in [4.78, 5) is 60.4. The Morgan fingerprint density at radius 1 is 0.744 bits per heavy atom. The maximum Gasteiger partial charge on any atom is 0.331 e. The summed E-state index contributed by atoms with van der Waals surface area (Å²) < 4.78 is 93.2. The minimum atomic E-state index is -1.87. The van der Waals surface area contributed by atoms with Crippen LogP contribution in [0, 0.1) is 40.8 Å². The summed E-state index contributed by atoms with van der Waals surface area (Å²) in [5.74, 6) is -15.0. The number of carbonyl (C=O) groups excluding carboxylic acids is 5. The number of benzene rings is 2. The zero-order valence-electron chi connectivity index (χ0n) is 22.8. The molecule has 0 N–H and O–H groups in total. The molecule has 2 saturated heterocycles. The lowest BCUT2D eigenvalue weighted by atomic mass is 9.96. The van der Waals surface area contributed by atoms with Gasteiger partial charge in [0.15, 0.2) is 29.1 Å². The van der Waals surface area contributed by atoms with Crippen molar-refractivity contribution in [1.29, 1.82) is 0 Å². The Bertz CT molecular complexity index is 1420. The number of cyclic esters (lactones) is 2. The Morgan fingerprint density at radius 3 is 1.67 bits per heavy atom. The molecule has 0 atom stereocenters. The molecule has 0 unspecified atom stereocenters. The highest BCUT2D eigenvalue weighted by atomic mass is 19.2. The standard InChI is InChI=1S/C14H14F3NO3.C14H11F3O5/c15-11-8-13(17)12(16)6-9(11)5-10(19)7-14(20)18-1-3-21-4-2-18;1-14(2)21-12(19)11(13(20)22-14)10(18)4-6-3-8(16)9(17)5-7(6)15/h6,8H,1-5,7H2;3,5,11H,4H2,1-2H3. The van der Waals surface area contributed by atoms with Gasteiger partial charge in [0.25, 0.3) is 5.79 Å². The molecule has 1 amide bonds. The Kier molecular flexibility index (Phi) is 10.7. The Morgan fingerprint density at radius 2 is 1.19 bits per heavy atom. The Balaban J connectivity index is 0.000000236. The number of esters is 2. The predicted octanol–water partition coefficient (Wildman–Crippen LogP) is 3.13. The zero-order chi connectivity index (χ0) is 32.1. The number of nitrogens with zero attached hydrogens (tertiary/aromatic N) is 1. The summed E-state index contributed by atoms with van der Waals surface area (Å²) in [6.45, 7) is 4.25. The van der Waals surface area contributed by atoms with Gasteiger partial charge in [-0.25, -0.2) is 26.3 Å². The summed E-state index contributed by atoms with van der Waals surface area (Å²) >= 11 is 0. The summed E-state index contributed by atoms with van der Waals surface area (Å²) in [7, 11) is 0. The molecule has 2 heterocycles. The van der Waals surface area contributed by atoms with Gasteiger partial charge in [-0.05, 0) is 23.3 Å². The lowest BCUT2D eigenvalue weighted by Crippen LogP contribution is -2.49. The molecule has 2 aliphatic rings. The van der Waals surface area contributed by atoms with Gasteiger partial charge in [-0.2, -0.15) is 0 Å². The first kappa shape index (κ1) is 33.2. The lowest BCUT2D eigenvalue weighted by Gasteiger charge is -2.32. The number of carbonyl (C=O) groups is 5. The van der Waals surface area contributed by atoms with E-state index in [1.54, 1.807) is 0 Å². The van der Waals surface area contributed by atoms with E-state index in [0.29, 0.717) is 44.5 Å². The number of amides is 1. The summed E-state index contributed by atoms with van der Waals surface area (Å²) in [5, 5.41) is 0. The third kappa shape index (κ3) is 8.86. The van der Waals surface area contributed by atoms with E-state index in [9.17, 15) is 50.3 Å². The summed E-state index contributed by atoms with van der Waals surface area (Å²) in [6, 6.07) is 1.80. The molecular weight excluding hydrogens is 592 g/mol. The quantitative estimate of drug-likeness (QED) is 0.202. The highest BCUT2D eigenvalue weighted by Crippen LogP contribution is 2.25. The highest BCUT2D eigenvalue weighted by Gasteiger charge is 2.47. The number of rotatable bonds is 7. The van der Waals surface area contributed by atoms with Crippen LogP contribution in [0.4, 0.5) is 26.3 Å². The second kappa shape index (κ2) is 13.8. The van der Waals surface area contributed by atoms with E-state index in [1.165, 1.54) is 18.7 Å². The molecule has 4 rings (SSSR count). The molecule has 43 heavy (non-hydrogen) atoms. The largest absolute Gasteiger partial charge is 0.422 e. The van der Waals surface area contributed by atoms with Gasteiger partial charge >= 0.3 is 11.9 Å². The van der Waals surface area contributed by atoms with Crippen molar-refractivity contribution in [1.82, 2.24) is 4.90 Å². The molecule has 0 aliphatic carbocycles. The normalized spacial score (nSPS) is 16.5. The van der Waals surface area contributed by atoms with Crippen molar-refractivity contribution in [3.63, 3.8) is 0 Å². The average molecular weight is 617 g/mol. The SMILES string of the molecule is CC1(C)OC(=O)C(C(=O)Cc2cc(F)c(F)cc2F)C(=O)O1.O=C(CC(=O)N1CCOCC1)Cc1cc(F)c(F)cc1F. The van der Waals surface area contributed by atoms with Crippen LogP contribution in [-0.4, -0.2) is 66.4 Å². The lowest BCUT2D eigenvalue weighted by molar-refractivity contribution is -0.238. The molecule has 2 fully saturated rings.